The highest BCUT2D eigenvalue weighted by Gasteiger charge is 2.15. The fraction of sp³-hybridized carbons (Fsp3) is 0.357. The first-order chi connectivity index (χ1) is 9.22. The van der Waals surface area contributed by atoms with Gasteiger partial charge in [0.2, 0.25) is 0 Å². The number of hydrogen-bond donors (Lipinski definition) is 1. The molecule has 5 heteroatoms. The van der Waals surface area contributed by atoms with Gasteiger partial charge in [-0.15, -0.1) is 5.10 Å². The normalized spacial score (nSPS) is 12.1. The highest BCUT2D eigenvalue weighted by molar-refractivity contribution is 7.08. The quantitative estimate of drug-likeness (QED) is 0.912. The number of carbonyl (C=O) groups is 1. The number of hydrogen-bond acceptors (Lipinski definition) is 4. The number of amides is 1. The molecular formula is C14H17N3OS. The van der Waals surface area contributed by atoms with E-state index in [1.165, 1.54) is 5.56 Å². The summed E-state index contributed by atoms with van der Waals surface area (Å²) >= 11 is 1.16. The minimum absolute atomic E-state index is 0.0744. The third-order valence-corrected chi connectivity index (χ3v) is 3.80. The van der Waals surface area contributed by atoms with Gasteiger partial charge in [-0.2, -0.15) is 0 Å². The Morgan fingerprint density at radius 2 is 2.11 bits per heavy atom. The van der Waals surface area contributed by atoms with Crippen molar-refractivity contribution >= 4 is 17.4 Å². The Morgan fingerprint density at radius 3 is 2.79 bits per heavy atom. The van der Waals surface area contributed by atoms with Crippen LogP contribution in [0, 0.1) is 0 Å². The van der Waals surface area contributed by atoms with Crippen molar-refractivity contribution < 1.29 is 4.79 Å². The van der Waals surface area contributed by atoms with Crippen molar-refractivity contribution in [1.29, 1.82) is 0 Å². The number of nitrogens with one attached hydrogen (secondary N) is 1. The van der Waals surface area contributed by atoms with Gasteiger partial charge >= 0.3 is 0 Å². The smallest absolute Gasteiger partial charge is 0.264 e. The van der Waals surface area contributed by atoms with Crippen molar-refractivity contribution in [1.82, 2.24) is 14.9 Å². The van der Waals surface area contributed by atoms with E-state index in [1.807, 2.05) is 25.1 Å². The molecule has 100 valence electrons. The Labute approximate surface area is 117 Å². The molecule has 1 amide bonds. The lowest BCUT2D eigenvalue weighted by Gasteiger charge is -2.12. The van der Waals surface area contributed by atoms with Crippen LogP contribution in [-0.2, 0) is 6.42 Å². The lowest BCUT2D eigenvalue weighted by Crippen LogP contribution is -2.27. The average molecular weight is 275 g/mol. The van der Waals surface area contributed by atoms with Gasteiger partial charge in [0.05, 0.1) is 5.69 Å². The first-order valence-corrected chi connectivity index (χ1v) is 7.14. The molecule has 0 aliphatic heterocycles. The molecule has 0 aliphatic carbocycles. The third-order valence-electron chi connectivity index (χ3n) is 3.03. The maximum atomic E-state index is 12.0. The van der Waals surface area contributed by atoms with Crippen LogP contribution in [0.2, 0.25) is 0 Å². The predicted molar refractivity (Wildman–Crippen MR) is 76.5 cm³/mol. The van der Waals surface area contributed by atoms with E-state index in [9.17, 15) is 4.79 Å². The average Bonchev–Trinajstić information content (AvgIpc) is 2.93. The van der Waals surface area contributed by atoms with Crippen molar-refractivity contribution in [2.24, 2.45) is 0 Å². The molecule has 1 aromatic heterocycles. The van der Waals surface area contributed by atoms with E-state index in [0.29, 0.717) is 11.4 Å². The molecule has 2 aromatic rings. The van der Waals surface area contributed by atoms with Gasteiger partial charge in [-0.3, -0.25) is 4.79 Å². The van der Waals surface area contributed by atoms with Gasteiger partial charge in [-0.1, -0.05) is 48.7 Å². The first kappa shape index (κ1) is 13.7. The van der Waals surface area contributed by atoms with Crippen LogP contribution in [0.1, 0.15) is 40.7 Å². The number of rotatable bonds is 5. The Balaban J connectivity index is 1.94. The summed E-state index contributed by atoms with van der Waals surface area (Å²) in [4.78, 5) is 12.7. The topological polar surface area (TPSA) is 54.9 Å². The van der Waals surface area contributed by atoms with Crippen LogP contribution in [0.5, 0.6) is 0 Å². The molecule has 0 bridgehead atoms. The molecule has 0 radical (unpaired) electrons. The van der Waals surface area contributed by atoms with Crippen molar-refractivity contribution in [3.05, 3.63) is 46.5 Å². The maximum absolute atomic E-state index is 12.0. The molecule has 0 saturated heterocycles. The van der Waals surface area contributed by atoms with Crippen molar-refractivity contribution in [3.63, 3.8) is 0 Å². The fourth-order valence-corrected chi connectivity index (χ4v) is 2.50. The van der Waals surface area contributed by atoms with Gasteiger partial charge in [-0.05, 0) is 29.4 Å². The van der Waals surface area contributed by atoms with E-state index in [4.69, 9.17) is 0 Å². The second-order valence-corrected chi connectivity index (χ2v) is 5.18. The highest BCUT2D eigenvalue weighted by atomic mass is 32.1. The van der Waals surface area contributed by atoms with Crippen LogP contribution in [-0.4, -0.2) is 22.0 Å². The predicted octanol–water partition coefficient (Wildman–Crippen LogP) is 2.63. The Hall–Kier alpha value is -1.75. The number of nitrogens with zero attached hydrogens (tertiary/aromatic N) is 2. The van der Waals surface area contributed by atoms with E-state index >= 15 is 0 Å². The van der Waals surface area contributed by atoms with Crippen LogP contribution < -0.4 is 5.32 Å². The highest BCUT2D eigenvalue weighted by Crippen LogP contribution is 2.15. The van der Waals surface area contributed by atoms with E-state index in [-0.39, 0.29) is 11.8 Å². The van der Waals surface area contributed by atoms with E-state index in [2.05, 4.69) is 34.0 Å². The molecule has 0 saturated carbocycles. The lowest BCUT2D eigenvalue weighted by atomic mass is 10.0. The van der Waals surface area contributed by atoms with Crippen molar-refractivity contribution in [2.45, 2.75) is 26.2 Å². The van der Waals surface area contributed by atoms with Crippen LogP contribution >= 0.6 is 11.5 Å². The SMILES string of the molecule is CCc1nnsc1C(=O)NC[C@@H](C)c1ccccc1. The molecule has 4 nitrogen and oxygen atoms in total. The van der Waals surface area contributed by atoms with Gasteiger partial charge in [0.15, 0.2) is 0 Å². The summed E-state index contributed by atoms with van der Waals surface area (Å²) in [7, 11) is 0. The summed E-state index contributed by atoms with van der Waals surface area (Å²) in [6.45, 7) is 4.69. The van der Waals surface area contributed by atoms with Crippen LogP contribution in [0.4, 0.5) is 0 Å². The maximum Gasteiger partial charge on any atom is 0.264 e. The summed E-state index contributed by atoms with van der Waals surface area (Å²) in [5.74, 6) is 0.214. The molecular weight excluding hydrogens is 258 g/mol. The fourth-order valence-electron chi connectivity index (χ4n) is 1.84. The summed E-state index contributed by atoms with van der Waals surface area (Å²) in [5.41, 5.74) is 2.00. The van der Waals surface area contributed by atoms with E-state index < -0.39 is 0 Å². The summed E-state index contributed by atoms with van der Waals surface area (Å²) in [6.07, 6.45) is 0.730. The number of aromatic nitrogens is 2. The van der Waals surface area contributed by atoms with Crippen LogP contribution in [0.25, 0.3) is 0 Å². The van der Waals surface area contributed by atoms with Crippen LogP contribution in [0.15, 0.2) is 30.3 Å². The first-order valence-electron chi connectivity index (χ1n) is 6.36. The van der Waals surface area contributed by atoms with Gasteiger partial charge in [0.1, 0.15) is 4.88 Å². The monoisotopic (exact) mass is 275 g/mol. The molecule has 0 spiro atoms. The van der Waals surface area contributed by atoms with Gasteiger partial charge in [0.25, 0.3) is 5.91 Å². The lowest BCUT2D eigenvalue weighted by molar-refractivity contribution is 0.0954. The Morgan fingerprint density at radius 1 is 1.37 bits per heavy atom. The summed E-state index contributed by atoms with van der Waals surface area (Å²) < 4.78 is 3.83. The van der Waals surface area contributed by atoms with Crippen molar-refractivity contribution in [2.75, 3.05) is 6.54 Å². The van der Waals surface area contributed by atoms with E-state index in [1.54, 1.807) is 0 Å². The zero-order valence-electron chi connectivity index (χ0n) is 11.1. The molecule has 1 heterocycles. The minimum Gasteiger partial charge on any atom is -0.351 e. The molecule has 1 N–H and O–H groups in total. The second kappa shape index (κ2) is 6.43. The molecule has 0 aliphatic rings. The molecule has 0 fully saturated rings. The standard InChI is InChI=1S/C14H17N3OS/c1-3-12-13(19-17-16-12)14(18)15-9-10(2)11-7-5-4-6-8-11/h4-8,10H,3,9H2,1-2H3,(H,15,18)/t10-/m1/s1. The number of benzene rings is 1. The summed E-state index contributed by atoms with van der Waals surface area (Å²) in [5, 5.41) is 6.90. The van der Waals surface area contributed by atoms with E-state index in [0.717, 1.165) is 23.6 Å². The third kappa shape index (κ3) is 3.38. The van der Waals surface area contributed by atoms with Crippen LogP contribution in [0.3, 0.4) is 0 Å². The van der Waals surface area contributed by atoms with Gasteiger partial charge in [-0.25, -0.2) is 0 Å². The zero-order chi connectivity index (χ0) is 13.7. The Kier molecular flexibility index (Phi) is 4.63. The second-order valence-electron chi connectivity index (χ2n) is 4.42. The number of carbonyl (C=O) groups excluding carboxylic acids is 1. The minimum atomic E-state index is -0.0744. The summed E-state index contributed by atoms with van der Waals surface area (Å²) in [6, 6.07) is 10.2. The number of aryl methyl sites for hydroxylation is 1. The van der Waals surface area contributed by atoms with Gasteiger partial charge < -0.3 is 5.32 Å². The largest absolute Gasteiger partial charge is 0.351 e. The van der Waals surface area contributed by atoms with Gasteiger partial charge in [0, 0.05) is 6.54 Å². The molecule has 1 aromatic carbocycles. The molecule has 19 heavy (non-hydrogen) atoms. The molecule has 0 unspecified atom stereocenters. The zero-order valence-corrected chi connectivity index (χ0v) is 11.9. The van der Waals surface area contributed by atoms with Crippen molar-refractivity contribution in [3.8, 4) is 0 Å². The Bertz CT molecular complexity index is 539. The molecule has 2 rings (SSSR count). The molecule has 1 atom stereocenters.